The summed E-state index contributed by atoms with van der Waals surface area (Å²) in [4.78, 5) is 44.9. The van der Waals surface area contributed by atoms with Gasteiger partial charge < -0.3 is 21.1 Å². The maximum Gasteiger partial charge on any atom is 0.305 e. The minimum Gasteiger partial charge on any atom is -0.481 e. The molecule has 0 saturated heterocycles. The molecule has 0 aliphatic heterocycles. The highest BCUT2D eigenvalue weighted by atomic mass is 35.5. The van der Waals surface area contributed by atoms with E-state index in [2.05, 4.69) is 16.0 Å². The number of aliphatic carboxylic acids is 1. The Hall–Kier alpha value is -2.68. The summed E-state index contributed by atoms with van der Waals surface area (Å²) in [6.07, 6.45) is -0.480. The summed E-state index contributed by atoms with van der Waals surface area (Å²) >= 11 is 5.58. The van der Waals surface area contributed by atoms with Crippen LogP contribution in [0.1, 0.15) is 24.9 Å². The van der Waals surface area contributed by atoms with E-state index in [4.69, 9.17) is 16.7 Å². The molecule has 8 nitrogen and oxygen atoms in total. The van der Waals surface area contributed by atoms with Crippen LogP contribution in [-0.4, -0.2) is 41.9 Å². The van der Waals surface area contributed by atoms with Gasteiger partial charge in [-0.1, -0.05) is 17.7 Å². The molecule has 1 rings (SSSR count). The lowest BCUT2D eigenvalue weighted by atomic mass is 10.0. The second-order valence-electron chi connectivity index (χ2n) is 5.08. The third-order valence-corrected chi connectivity index (χ3v) is 3.31. The lowest BCUT2D eigenvalue weighted by Gasteiger charge is -2.18. The molecule has 0 spiro atoms. The number of benzene rings is 1. The molecule has 4 N–H and O–H groups in total. The fourth-order valence-electron chi connectivity index (χ4n) is 1.85. The van der Waals surface area contributed by atoms with E-state index in [1.165, 1.54) is 19.1 Å². The number of carboxylic acid groups (broad SMARTS) is 1. The zero-order chi connectivity index (χ0) is 19.0. The van der Waals surface area contributed by atoms with Gasteiger partial charge in [-0.25, -0.2) is 4.39 Å². The second kappa shape index (κ2) is 9.58. The number of carboxylic acids is 1. The van der Waals surface area contributed by atoms with E-state index in [1.807, 2.05) is 0 Å². The molecule has 0 aliphatic carbocycles. The Bertz CT molecular complexity index is 683. The highest BCUT2D eigenvalue weighted by Gasteiger charge is 2.19. The van der Waals surface area contributed by atoms with Crippen molar-refractivity contribution in [2.75, 3.05) is 13.1 Å². The summed E-state index contributed by atoms with van der Waals surface area (Å²) in [5.41, 5.74) is 0.224. The Morgan fingerprint density at radius 3 is 2.36 bits per heavy atom. The summed E-state index contributed by atoms with van der Waals surface area (Å²) in [7, 11) is 0. The van der Waals surface area contributed by atoms with Crippen LogP contribution < -0.4 is 16.0 Å². The predicted molar refractivity (Wildman–Crippen MR) is 86.2 cm³/mol. The molecular weight excluding hydrogens is 357 g/mol. The van der Waals surface area contributed by atoms with Crippen LogP contribution in [0.25, 0.3) is 0 Å². The van der Waals surface area contributed by atoms with Gasteiger partial charge in [-0.3, -0.25) is 19.2 Å². The van der Waals surface area contributed by atoms with E-state index in [0.29, 0.717) is 0 Å². The molecule has 1 atom stereocenters. The Labute approximate surface area is 147 Å². The van der Waals surface area contributed by atoms with Crippen molar-refractivity contribution >= 4 is 35.3 Å². The summed E-state index contributed by atoms with van der Waals surface area (Å²) < 4.78 is 13.5. The van der Waals surface area contributed by atoms with E-state index in [0.717, 1.165) is 6.07 Å². The molecule has 0 fully saturated rings. The first-order valence-corrected chi connectivity index (χ1v) is 7.54. The van der Waals surface area contributed by atoms with Crippen molar-refractivity contribution in [3.8, 4) is 0 Å². The van der Waals surface area contributed by atoms with Gasteiger partial charge in [0.2, 0.25) is 17.7 Å². The molecule has 3 amide bonds. The lowest BCUT2D eigenvalue weighted by molar-refractivity contribution is -0.138. The van der Waals surface area contributed by atoms with Crippen LogP contribution in [0.2, 0.25) is 5.02 Å². The Balaban J connectivity index is 2.66. The molecule has 1 unspecified atom stereocenters. The third kappa shape index (κ3) is 7.62. The Morgan fingerprint density at radius 2 is 1.80 bits per heavy atom. The third-order valence-electron chi connectivity index (χ3n) is 3.00. The first kappa shape index (κ1) is 20.4. The largest absolute Gasteiger partial charge is 0.481 e. The van der Waals surface area contributed by atoms with Crippen LogP contribution in [0, 0.1) is 5.82 Å². The van der Waals surface area contributed by atoms with Crippen molar-refractivity contribution < 1.29 is 28.7 Å². The summed E-state index contributed by atoms with van der Waals surface area (Å²) in [5, 5.41) is 15.7. The van der Waals surface area contributed by atoms with Crippen molar-refractivity contribution in [3.63, 3.8) is 0 Å². The van der Waals surface area contributed by atoms with Crippen LogP contribution in [-0.2, 0) is 19.2 Å². The maximum atomic E-state index is 13.5. The van der Waals surface area contributed by atoms with Gasteiger partial charge in [0.25, 0.3) is 0 Å². The average Bonchev–Trinajstić information content (AvgIpc) is 2.52. The highest BCUT2D eigenvalue weighted by molar-refractivity contribution is 6.30. The number of amides is 3. The molecule has 1 aromatic rings. The molecule has 136 valence electrons. The molecule has 25 heavy (non-hydrogen) atoms. The van der Waals surface area contributed by atoms with Crippen LogP contribution in [0.4, 0.5) is 4.39 Å². The molecule has 0 aliphatic rings. The van der Waals surface area contributed by atoms with E-state index in [9.17, 15) is 23.6 Å². The first-order chi connectivity index (χ1) is 11.7. The monoisotopic (exact) mass is 373 g/mol. The molecule has 1 aromatic carbocycles. The van der Waals surface area contributed by atoms with Crippen molar-refractivity contribution in [2.45, 2.75) is 19.4 Å². The number of carbonyl (C=O) groups is 4. The molecule has 10 heteroatoms. The minimum absolute atomic E-state index is 0.130. The number of rotatable bonds is 8. The number of hydrogen-bond donors (Lipinski definition) is 4. The van der Waals surface area contributed by atoms with Gasteiger partial charge in [-0.2, -0.15) is 0 Å². The van der Waals surface area contributed by atoms with Gasteiger partial charge in [-0.05, 0) is 17.7 Å². The molecular formula is C15H17ClFN3O5. The fourth-order valence-corrected chi connectivity index (χ4v) is 1.96. The lowest BCUT2D eigenvalue weighted by Crippen LogP contribution is -2.42. The van der Waals surface area contributed by atoms with Crippen LogP contribution in [0.5, 0.6) is 0 Å². The minimum atomic E-state index is -1.20. The second-order valence-corrected chi connectivity index (χ2v) is 5.49. The van der Waals surface area contributed by atoms with E-state index >= 15 is 0 Å². The summed E-state index contributed by atoms with van der Waals surface area (Å²) in [6.45, 7) is 0.524. The van der Waals surface area contributed by atoms with Crippen molar-refractivity contribution in [1.29, 1.82) is 0 Å². The van der Waals surface area contributed by atoms with E-state index < -0.39 is 48.5 Å². The maximum absolute atomic E-state index is 13.5. The normalized spacial score (nSPS) is 11.3. The topological polar surface area (TPSA) is 125 Å². The van der Waals surface area contributed by atoms with Crippen LogP contribution in [0.3, 0.4) is 0 Å². The highest BCUT2D eigenvalue weighted by Crippen LogP contribution is 2.22. The number of hydrogen-bond acceptors (Lipinski definition) is 4. The standard InChI is InChI=1S/C15H17ClFN3O5/c1-8(21)18-6-13(22)19-7-14(23)20-12(5-15(24)25)9-2-3-10(16)11(17)4-9/h2-4,12H,5-7H2,1H3,(H,18,21)(H,19,22)(H,20,23)(H,24,25). The molecule has 0 saturated carbocycles. The van der Waals surface area contributed by atoms with E-state index in [-0.39, 0.29) is 17.1 Å². The van der Waals surface area contributed by atoms with Crippen molar-refractivity contribution in [3.05, 3.63) is 34.6 Å². The SMILES string of the molecule is CC(=O)NCC(=O)NCC(=O)NC(CC(=O)O)c1ccc(Cl)c(F)c1. The molecule has 0 heterocycles. The van der Waals surface area contributed by atoms with Gasteiger partial charge >= 0.3 is 5.97 Å². The fraction of sp³-hybridized carbons (Fsp3) is 0.333. The summed E-state index contributed by atoms with van der Waals surface area (Å²) in [6, 6.07) is 2.69. The zero-order valence-electron chi connectivity index (χ0n) is 13.3. The molecule has 0 radical (unpaired) electrons. The van der Waals surface area contributed by atoms with Gasteiger partial charge in [0.1, 0.15) is 5.82 Å². The van der Waals surface area contributed by atoms with Gasteiger partial charge in [0.05, 0.1) is 30.6 Å². The van der Waals surface area contributed by atoms with E-state index in [1.54, 1.807) is 0 Å². The van der Waals surface area contributed by atoms with Gasteiger partial charge in [-0.15, -0.1) is 0 Å². The number of carbonyl (C=O) groups excluding carboxylic acids is 3. The summed E-state index contributed by atoms with van der Waals surface area (Å²) in [5.74, 6) is -3.59. The Kier molecular flexibility index (Phi) is 7.80. The average molecular weight is 374 g/mol. The predicted octanol–water partition coefficient (Wildman–Crippen LogP) is 0.363. The Morgan fingerprint density at radius 1 is 1.16 bits per heavy atom. The number of halogens is 2. The molecule has 0 aromatic heterocycles. The van der Waals surface area contributed by atoms with Crippen LogP contribution in [0.15, 0.2) is 18.2 Å². The number of nitrogens with one attached hydrogen (secondary N) is 3. The molecule has 0 bridgehead atoms. The van der Waals surface area contributed by atoms with Crippen molar-refractivity contribution in [1.82, 2.24) is 16.0 Å². The van der Waals surface area contributed by atoms with Gasteiger partial charge in [0.15, 0.2) is 0 Å². The smallest absolute Gasteiger partial charge is 0.305 e. The van der Waals surface area contributed by atoms with Crippen LogP contribution >= 0.6 is 11.6 Å². The zero-order valence-corrected chi connectivity index (χ0v) is 14.0. The van der Waals surface area contributed by atoms with Gasteiger partial charge in [0, 0.05) is 6.92 Å². The van der Waals surface area contributed by atoms with Crippen molar-refractivity contribution in [2.24, 2.45) is 0 Å². The quantitative estimate of drug-likeness (QED) is 0.524. The first-order valence-electron chi connectivity index (χ1n) is 7.16.